The fourth-order valence-electron chi connectivity index (χ4n) is 2.92. The number of rotatable bonds is 6. The summed E-state index contributed by atoms with van der Waals surface area (Å²) in [5.74, 6) is 0.654. The van der Waals surface area contributed by atoms with Crippen molar-refractivity contribution in [3.63, 3.8) is 0 Å². The van der Waals surface area contributed by atoms with Gasteiger partial charge in [-0.15, -0.1) is 0 Å². The summed E-state index contributed by atoms with van der Waals surface area (Å²) < 4.78 is 51.4. The molecular formula is C21H30F3N3O2. The molecule has 0 aliphatic carbocycles. The van der Waals surface area contributed by atoms with Crippen LogP contribution in [-0.2, 0) is 17.5 Å². The predicted molar refractivity (Wildman–Crippen MR) is 108 cm³/mol. The largest absolute Gasteiger partial charge is 0.488 e. The minimum atomic E-state index is -4.47. The molecule has 5 nitrogen and oxygen atoms in total. The van der Waals surface area contributed by atoms with E-state index in [1.165, 1.54) is 11.6 Å². The lowest BCUT2D eigenvalue weighted by Crippen LogP contribution is -2.37. The SMILES string of the molecule is CN=C(NCCC1=CCOCC1)NCc1ccc(OC(C)(C)C)cc1C(F)(F)F. The van der Waals surface area contributed by atoms with Crippen LogP contribution in [0.1, 0.15) is 44.7 Å². The molecule has 0 saturated carbocycles. The summed E-state index contributed by atoms with van der Waals surface area (Å²) >= 11 is 0. The summed E-state index contributed by atoms with van der Waals surface area (Å²) in [5, 5.41) is 6.10. The molecule has 0 atom stereocenters. The van der Waals surface area contributed by atoms with E-state index >= 15 is 0 Å². The van der Waals surface area contributed by atoms with Crippen molar-refractivity contribution in [2.75, 3.05) is 26.8 Å². The van der Waals surface area contributed by atoms with Gasteiger partial charge in [0.05, 0.1) is 18.8 Å². The number of guanidine groups is 1. The molecule has 2 rings (SSSR count). The first-order valence-electron chi connectivity index (χ1n) is 9.68. The van der Waals surface area contributed by atoms with Crippen molar-refractivity contribution in [3.05, 3.63) is 41.0 Å². The number of alkyl halides is 3. The Morgan fingerprint density at radius 2 is 1.97 bits per heavy atom. The average molecular weight is 413 g/mol. The topological polar surface area (TPSA) is 54.9 Å². The minimum Gasteiger partial charge on any atom is -0.488 e. The molecular weight excluding hydrogens is 383 g/mol. The Labute approximate surface area is 170 Å². The van der Waals surface area contributed by atoms with E-state index in [4.69, 9.17) is 9.47 Å². The number of ether oxygens (including phenoxy) is 2. The molecule has 1 aliphatic heterocycles. The molecule has 1 aliphatic rings. The van der Waals surface area contributed by atoms with Gasteiger partial charge in [0.25, 0.3) is 0 Å². The fourth-order valence-corrected chi connectivity index (χ4v) is 2.92. The van der Waals surface area contributed by atoms with Crippen LogP contribution >= 0.6 is 0 Å². The first kappa shape index (κ1) is 23.1. The van der Waals surface area contributed by atoms with Gasteiger partial charge in [-0.1, -0.05) is 17.7 Å². The highest BCUT2D eigenvalue weighted by atomic mass is 19.4. The van der Waals surface area contributed by atoms with Crippen LogP contribution in [0.3, 0.4) is 0 Å². The quantitative estimate of drug-likeness (QED) is 0.415. The van der Waals surface area contributed by atoms with Gasteiger partial charge in [0.15, 0.2) is 5.96 Å². The average Bonchev–Trinajstić information content (AvgIpc) is 2.64. The van der Waals surface area contributed by atoms with Gasteiger partial charge in [0, 0.05) is 20.1 Å². The molecule has 1 heterocycles. The third-order valence-electron chi connectivity index (χ3n) is 4.28. The molecule has 0 radical (unpaired) electrons. The van der Waals surface area contributed by atoms with Crippen molar-refractivity contribution in [3.8, 4) is 5.75 Å². The van der Waals surface area contributed by atoms with Crippen molar-refractivity contribution in [1.29, 1.82) is 0 Å². The summed E-state index contributed by atoms with van der Waals surface area (Å²) in [4.78, 5) is 4.09. The highest BCUT2D eigenvalue weighted by molar-refractivity contribution is 5.79. The third kappa shape index (κ3) is 7.97. The number of nitrogens with one attached hydrogen (secondary N) is 2. The van der Waals surface area contributed by atoms with Crippen LogP contribution in [0.5, 0.6) is 5.75 Å². The number of nitrogens with zero attached hydrogens (tertiary/aromatic N) is 1. The van der Waals surface area contributed by atoms with E-state index in [1.54, 1.807) is 33.9 Å². The number of hydrogen-bond acceptors (Lipinski definition) is 3. The summed E-state index contributed by atoms with van der Waals surface area (Å²) in [6.45, 7) is 7.40. The molecule has 1 aromatic rings. The summed E-state index contributed by atoms with van der Waals surface area (Å²) in [6.07, 6.45) is -0.652. The Balaban J connectivity index is 1.99. The van der Waals surface area contributed by atoms with Crippen LogP contribution in [-0.4, -0.2) is 38.4 Å². The van der Waals surface area contributed by atoms with E-state index in [2.05, 4.69) is 21.7 Å². The lowest BCUT2D eigenvalue weighted by atomic mass is 10.1. The first-order valence-corrected chi connectivity index (χ1v) is 9.68. The Kier molecular flexibility index (Phi) is 7.96. The van der Waals surface area contributed by atoms with Gasteiger partial charge in [0.2, 0.25) is 0 Å². The molecule has 0 amide bonds. The smallest absolute Gasteiger partial charge is 0.416 e. The van der Waals surface area contributed by atoms with Crippen LogP contribution in [0, 0.1) is 0 Å². The van der Waals surface area contributed by atoms with Gasteiger partial charge >= 0.3 is 6.18 Å². The summed E-state index contributed by atoms with van der Waals surface area (Å²) in [7, 11) is 1.59. The number of hydrogen-bond donors (Lipinski definition) is 2. The highest BCUT2D eigenvalue weighted by Gasteiger charge is 2.34. The summed E-state index contributed by atoms with van der Waals surface area (Å²) in [6, 6.07) is 4.05. The fraction of sp³-hybridized carbons (Fsp3) is 0.571. The molecule has 0 aromatic heterocycles. The van der Waals surface area contributed by atoms with Crippen molar-refractivity contribution in [2.45, 2.75) is 51.9 Å². The van der Waals surface area contributed by atoms with Crippen LogP contribution in [0.4, 0.5) is 13.2 Å². The second-order valence-electron chi connectivity index (χ2n) is 7.82. The zero-order valence-corrected chi connectivity index (χ0v) is 17.4. The maximum absolute atomic E-state index is 13.5. The zero-order valence-electron chi connectivity index (χ0n) is 17.4. The van der Waals surface area contributed by atoms with Gasteiger partial charge in [-0.05, 0) is 51.3 Å². The number of aliphatic imine (C=N–C) groups is 1. The van der Waals surface area contributed by atoms with Gasteiger partial charge in [-0.2, -0.15) is 13.2 Å². The zero-order chi connectivity index (χ0) is 21.5. The first-order chi connectivity index (χ1) is 13.6. The third-order valence-corrected chi connectivity index (χ3v) is 4.28. The standard InChI is InChI=1S/C21H30F3N3O2/c1-20(2,3)29-17-6-5-16(18(13-17)21(22,23)24)14-27-19(25-4)26-10-7-15-8-11-28-12-9-15/h5-6,8,13H,7,9-12,14H2,1-4H3,(H2,25,26,27). The van der Waals surface area contributed by atoms with Crippen LogP contribution in [0.2, 0.25) is 0 Å². The van der Waals surface area contributed by atoms with Crippen LogP contribution in [0.15, 0.2) is 34.8 Å². The minimum absolute atomic E-state index is 0.000844. The molecule has 1 aromatic carbocycles. The lowest BCUT2D eigenvalue weighted by Gasteiger charge is -2.23. The van der Waals surface area contributed by atoms with E-state index in [0.717, 1.165) is 25.5 Å². The Bertz CT molecular complexity index is 738. The molecule has 0 fully saturated rings. The second-order valence-corrected chi connectivity index (χ2v) is 7.82. The molecule has 0 saturated heterocycles. The van der Waals surface area contributed by atoms with Crippen molar-refractivity contribution >= 4 is 5.96 Å². The monoisotopic (exact) mass is 413 g/mol. The summed E-state index contributed by atoms with van der Waals surface area (Å²) in [5.41, 5.74) is 0.158. The molecule has 29 heavy (non-hydrogen) atoms. The molecule has 2 N–H and O–H groups in total. The van der Waals surface area contributed by atoms with E-state index < -0.39 is 17.3 Å². The van der Waals surface area contributed by atoms with E-state index in [0.29, 0.717) is 19.1 Å². The second kappa shape index (κ2) is 10.0. The Morgan fingerprint density at radius 3 is 2.55 bits per heavy atom. The highest BCUT2D eigenvalue weighted by Crippen LogP contribution is 2.35. The molecule has 0 unspecified atom stereocenters. The van der Waals surface area contributed by atoms with Gasteiger partial charge in [-0.3, -0.25) is 4.99 Å². The predicted octanol–water partition coefficient (Wildman–Crippen LogP) is 4.28. The van der Waals surface area contributed by atoms with Crippen molar-refractivity contribution < 1.29 is 22.6 Å². The van der Waals surface area contributed by atoms with Gasteiger partial charge < -0.3 is 20.1 Å². The molecule has 0 spiro atoms. The maximum Gasteiger partial charge on any atom is 0.416 e. The van der Waals surface area contributed by atoms with Gasteiger partial charge in [-0.25, -0.2) is 0 Å². The van der Waals surface area contributed by atoms with Crippen LogP contribution in [0.25, 0.3) is 0 Å². The van der Waals surface area contributed by atoms with Crippen molar-refractivity contribution in [1.82, 2.24) is 10.6 Å². The number of halogens is 3. The lowest BCUT2D eigenvalue weighted by molar-refractivity contribution is -0.138. The van der Waals surface area contributed by atoms with Crippen LogP contribution < -0.4 is 15.4 Å². The number of benzene rings is 1. The maximum atomic E-state index is 13.5. The van der Waals surface area contributed by atoms with E-state index in [1.807, 2.05) is 0 Å². The van der Waals surface area contributed by atoms with Crippen molar-refractivity contribution in [2.24, 2.45) is 4.99 Å². The normalized spacial score (nSPS) is 15.7. The molecule has 162 valence electrons. The van der Waals surface area contributed by atoms with E-state index in [-0.39, 0.29) is 17.9 Å². The Morgan fingerprint density at radius 1 is 1.21 bits per heavy atom. The Hall–Kier alpha value is -2.22. The van der Waals surface area contributed by atoms with Gasteiger partial charge in [0.1, 0.15) is 11.4 Å². The van der Waals surface area contributed by atoms with E-state index in [9.17, 15) is 13.2 Å². The molecule has 8 heteroatoms. The molecule has 0 bridgehead atoms.